The second-order valence-electron chi connectivity index (χ2n) is 4.04. The first-order chi connectivity index (χ1) is 7.09. The lowest BCUT2D eigenvalue weighted by Crippen LogP contribution is -2.47. The summed E-state index contributed by atoms with van der Waals surface area (Å²) in [6, 6.07) is 0.103. The summed E-state index contributed by atoms with van der Waals surface area (Å²) in [6.07, 6.45) is 1.34. The third-order valence-electron chi connectivity index (χ3n) is 2.23. The van der Waals surface area contributed by atoms with Gasteiger partial charge in [0.15, 0.2) is 0 Å². The number of carbonyl (C=O) groups is 2. The molecule has 0 radical (unpaired) electrons. The van der Waals surface area contributed by atoms with Crippen LogP contribution in [-0.4, -0.2) is 42.5 Å². The van der Waals surface area contributed by atoms with Gasteiger partial charge in [-0.05, 0) is 20.3 Å². The molecule has 0 aliphatic carbocycles. The summed E-state index contributed by atoms with van der Waals surface area (Å²) in [5, 5.41) is 5.55. The minimum atomic E-state index is -0.0569. The van der Waals surface area contributed by atoms with Gasteiger partial charge in [0.2, 0.25) is 5.91 Å². The summed E-state index contributed by atoms with van der Waals surface area (Å²) >= 11 is 0. The number of nitrogens with zero attached hydrogens (tertiary/aromatic N) is 1. The molecule has 0 unspecified atom stereocenters. The highest BCUT2D eigenvalue weighted by Crippen LogP contribution is 2.00. The molecule has 0 spiro atoms. The molecule has 0 aromatic rings. The van der Waals surface area contributed by atoms with E-state index in [0.29, 0.717) is 13.0 Å². The molecular formula is C10H19N3O2. The Hall–Kier alpha value is -1.26. The molecule has 0 bridgehead atoms. The van der Waals surface area contributed by atoms with Crippen molar-refractivity contribution in [3.63, 3.8) is 0 Å². The van der Waals surface area contributed by atoms with Crippen molar-refractivity contribution in [3.8, 4) is 0 Å². The molecule has 1 rings (SSSR count). The highest BCUT2D eigenvalue weighted by Gasteiger charge is 2.17. The summed E-state index contributed by atoms with van der Waals surface area (Å²) in [6.45, 7) is 5.84. The Morgan fingerprint density at radius 1 is 1.60 bits per heavy atom. The highest BCUT2D eigenvalue weighted by molar-refractivity contribution is 5.78. The van der Waals surface area contributed by atoms with Crippen LogP contribution >= 0.6 is 0 Å². The molecular weight excluding hydrogens is 194 g/mol. The van der Waals surface area contributed by atoms with E-state index in [2.05, 4.69) is 10.6 Å². The maximum Gasteiger partial charge on any atom is 0.317 e. The Morgan fingerprint density at radius 2 is 2.33 bits per heavy atom. The zero-order valence-electron chi connectivity index (χ0n) is 9.38. The van der Waals surface area contributed by atoms with Gasteiger partial charge in [0.25, 0.3) is 0 Å². The molecule has 0 aromatic heterocycles. The minimum absolute atomic E-state index is 0.00312. The van der Waals surface area contributed by atoms with Crippen LogP contribution in [0.2, 0.25) is 0 Å². The van der Waals surface area contributed by atoms with Gasteiger partial charge in [0.05, 0.1) is 0 Å². The monoisotopic (exact) mass is 213 g/mol. The normalized spacial score (nSPS) is 16.5. The standard InChI is InChI=1S/C10H19N3O2/c1-8(2)12-9(14)4-7-13-6-3-5-11-10(13)15/h8H,3-7H2,1-2H3,(H,11,15)(H,12,14). The first-order valence-corrected chi connectivity index (χ1v) is 5.41. The van der Waals surface area contributed by atoms with Crippen LogP contribution in [0.25, 0.3) is 0 Å². The molecule has 5 nitrogen and oxygen atoms in total. The fourth-order valence-electron chi connectivity index (χ4n) is 1.52. The third kappa shape index (κ3) is 4.18. The molecule has 3 amide bonds. The summed E-state index contributed by atoms with van der Waals surface area (Å²) in [5.74, 6) is 0.00312. The van der Waals surface area contributed by atoms with Crippen LogP contribution in [0.3, 0.4) is 0 Å². The van der Waals surface area contributed by atoms with E-state index in [1.807, 2.05) is 13.8 Å². The first kappa shape index (κ1) is 11.8. The second-order valence-corrected chi connectivity index (χ2v) is 4.04. The summed E-state index contributed by atoms with van der Waals surface area (Å²) in [7, 11) is 0. The van der Waals surface area contributed by atoms with Crippen molar-refractivity contribution < 1.29 is 9.59 Å². The van der Waals surface area contributed by atoms with Crippen LogP contribution in [0.5, 0.6) is 0 Å². The van der Waals surface area contributed by atoms with Crippen LogP contribution in [-0.2, 0) is 4.79 Å². The van der Waals surface area contributed by atoms with E-state index in [4.69, 9.17) is 0 Å². The molecule has 1 fully saturated rings. The number of urea groups is 1. The van der Waals surface area contributed by atoms with Gasteiger partial charge in [-0.3, -0.25) is 4.79 Å². The molecule has 1 saturated heterocycles. The first-order valence-electron chi connectivity index (χ1n) is 5.41. The summed E-state index contributed by atoms with van der Waals surface area (Å²) < 4.78 is 0. The van der Waals surface area contributed by atoms with Gasteiger partial charge in [-0.2, -0.15) is 0 Å². The van der Waals surface area contributed by atoms with Crippen LogP contribution in [0.15, 0.2) is 0 Å². The van der Waals surface area contributed by atoms with Gasteiger partial charge in [-0.25, -0.2) is 4.79 Å². The average molecular weight is 213 g/mol. The molecule has 2 N–H and O–H groups in total. The van der Waals surface area contributed by atoms with E-state index in [0.717, 1.165) is 19.5 Å². The molecule has 0 saturated carbocycles. The molecule has 1 heterocycles. The van der Waals surface area contributed by atoms with Crippen molar-refractivity contribution in [2.75, 3.05) is 19.6 Å². The fourth-order valence-corrected chi connectivity index (χ4v) is 1.52. The van der Waals surface area contributed by atoms with E-state index in [-0.39, 0.29) is 18.0 Å². The predicted molar refractivity (Wildman–Crippen MR) is 57.5 cm³/mol. The third-order valence-corrected chi connectivity index (χ3v) is 2.23. The van der Waals surface area contributed by atoms with E-state index in [1.54, 1.807) is 4.90 Å². The molecule has 1 aliphatic rings. The van der Waals surface area contributed by atoms with Crippen molar-refractivity contribution in [3.05, 3.63) is 0 Å². The number of carbonyl (C=O) groups excluding carboxylic acids is 2. The Labute approximate surface area is 90.2 Å². The predicted octanol–water partition coefficient (Wildman–Crippen LogP) is 0.316. The van der Waals surface area contributed by atoms with Gasteiger partial charge in [-0.15, -0.1) is 0 Å². The largest absolute Gasteiger partial charge is 0.354 e. The van der Waals surface area contributed by atoms with Crippen molar-refractivity contribution >= 4 is 11.9 Å². The topological polar surface area (TPSA) is 61.4 Å². The minimum Gasteiger partial charge on any atom is -0.354 e. The quantitative estimate of drug-likeness (QED) is 0.706. The maximum atomic E-state index is 11.3. The van der Waals surface area contributed by atoms with Crippen molar-refractivity contribution in [1.82, 2.24) is 15.5 Å². The van der Waals surface area contributed by atoms with Crippen LogP contribution in [0.4, 0.5) is 4.79 Å². The number of hydrogen-bond donors (Lipinski definition) is 2. The highest BCUT2D eigenvalue weighted by atomic mass is 16.2. The second kappa shape index (κ2) is 5.58. The van der Waals surface area contributed by atoms with E-state index in [1.165, 1.54) is 0 Å². The van der Waals surface area contributed by atoms with Crippen molar-refractivity contribution in [2.45, 2.75) is 32.7 Å². The van der Waals surface area contributed by atoms with E-state index >= 15 is 0 Å². The van der Waals surface area contributed by atoms with Crippen LogP contribution < -0.4 is 10.6 Å². The SMILES string of the molecule is CC(C)NC(=O)CCN1CCCNC1=O. The lowest BCUT2D eigenvalue weighted by Gasteiger charge is -2.27. The van der Waals surface area contributed by atoms with Gasteiger partial charge < -0.3 is 15.5 Å². The lowest BCUT2D eigenvalue weighted by atomic mass is 10.3. The average Bonchev–Trinajstić information content (AvgIpc) is 2.15. The van der Waals surface area contributed by atoms with Gasteiger partial charge in [-0.1, -0.05) is 0 Å². The Kier molecular flexibility index (Phi) is 4.39. The molecule has 15 heavy (non-hydrogen) atoms. The van der Waals surface area contributed by atoms with Crippen LogP contribution in [0.1, 0.15) is 26.7 Å². The number of hydrogen-bond acceptors (Lipinski definition) is 2. The van der Waals surface area contributed by atoms with Crippen molar-refractivity contribution in [2.24, 2.45) is 0 Å². The maximum absolute atomic E-state index is 11.3. The summed E-state index contributed by atoms with van der Waals surface area (Å²) in [4.78, 5) is 24.3. The molecule has 1 aliphatic heterocycles. The smallest absolute Gasteiger partial charge is 0.317 e. The van der Waals surface area contributed by atoms with Gasteiger partial charge in [0, 0.05) is 32.1 Å². The number of rotatable bonds is 4. The molecule has 0 atom stereocenters. The zero-order chi connectivity index (χ0) is 11.3. The zero-order valence-corrected chi connectivity index (χ0v) is 9.38. The van der Waals surface area contributed by atoms with Gasteiger partial charge in [0.1, 0.15) is 0 Å². The Morgan fingerprint density at radius 3 is 2.93 bits per heavy atom. The van der Waals surface area contributed by atoms with Gasteiger partial charge >= 0.3 is 6.03 Å². The molecule has 86 valence electrons. The Balaban J connectivity index is 2.23. The molecule has 5 heteroatoms. The van der Waals surface area contributed by atoms with Crippen LogP contribution in [0, 0.1) is 0 Å². The van der Waals surface area contributed by atoms with E-state index < -0.39 is 0 Å². The number of nitrogens with one attached hydrogen (secondary N) is 2. The van der Waals surface area contributed by atoms with E-state index in [9.17, 15) is 9.59 Å². The fraction of sp³-hybridized carbons (Fsp3) is 0.800. The lowest BCUT2D eigenvalue weighted by molar-refractivity contribution is -0.121. The number of amides is 3. The Bertz CT molecular complexity index is 241. The summed E-state index contributed by atoms with van der Waals surface area (Å²) in [5.41, 5.74) is 0. The van der Waals surface area contributed by atoms with Crippen molar-refractivity contribution in [1.29, 1.82) is 0 Å². The molecule has 0 aromatic carbocycles.